The van der Waals surface area contributed by atoms with E-state index in [-0.39, 0.29) is 45.2 Å². The maximum Gasteiger partial charge on any atom is 0.442 e. The average molecular weight is 859 g/mol. The molecule has 310 valence electrons. The molecule has 0 saturated heterocycles. The van der Waals surface area contributed by atoms with E-state index in [1.807, 2.05) is 88.3 Å². The molecule has 0 saturated carbocycles. The molecule has 0 aliphatic heterocycles. The van der Waals surface area contributed by atoms with Crippen LogP contribution in [0.4, 0.5) is 17.6 Å². The van der Waals surface area contributed by atoms with Gasteiger partial charge < -0.3 is 29.4 Å². The number of methoxy groups -OCH3 is 1. The summed E-state index contributed by atoms with van der Waals surface area (Å²) in [6.07, 6.45) is 0.814. The summed E-state index contributed by atoms with van der Waals surface area (Å²) in [5.41, 5.74) is 3.09. The molecule has 56 heavy (non-hydrogen) atoms. The van der Waals surface area contributed by atoms with E-state index in [1.54, 1.807) is 18.1 Å². The molecule has 1 atom stereocenters. The highest BCUT2D eigenvalue weighted by atomic mass is 35.5. The third-order valence-electron chi connectivity index (χ3n) is 7.39. The van der Waals surface area contributed by atoms with Crippen molar-refractivity contribution in [1.82, 2.24) is 24.7 Å². The maximum absolute atomic E-state index is 12.2. The number of hydrogen-bond acceptors (Lipinski definition) is 11. The Morgan fingerprint density at radius 1 is 0.982 bits per heavy atom. The number of nitrogens with one attached hydrogen (secondary N) is 2. The molecule has 0 aliphatic rings. The molecule has 4 aromatic rings. The smallest absolute Gasteiger partial charge is 0.442 e. The molecule has 2 heterocycles. The fourth-order valence-electron chi connectivity index (χ4n) is 5.06. The Bertz CT molecular complexity index is 1940. The summed E-state index contributed by atoms with van der Waals surface area (Å²) in [4.78, 5) is 38.1. The lowest BCUT2D eigenvalue weighted by Gasteiger charge is -2.31. The van der Waals surface area contributed by atoms with Crippen LogP contribution in [-0.4, -0.2) is 74.5 Å². The van der Waals surface area contributed by atoms with Gasteiger partial charge in [-0.1, -0.05) is 69.1 Å². The van der Waals surface area contributed by atoms with Gasteiger partial charge in [0, 0.05) is 30.7 Å². The summed E-state index contributed by atoms with van der Waals surface area (Å²) in [5, 5.41) is 11.2. The highest BCUT2D eigenvalue weighted by molar-refractivity contribution is 6.36. The van der Waals surface area contributed by atoms with Crippen LogP contribution in [0, 0.1) is 6.92 Å². The lowest BCUT2D eigenvalue weighted by Crippen LogP contribution is -2.43. The number of rotatable bonds is 12. The second-order valence-corrected chi connectivity index (χ2v) is 16.5. The summed E-state index contributed by atoms with van der Waals surface area (Å²) >= 11 is 23.8. The first-order valence-corrected chi connectivity index (χ1v) is 19.9. The van der Waals surface area contributed by atoms with Gasteiger partial charge in [0.2, 0.25) is 29.0 Å². The second kappa shape index (κ2) is 21.8. The Morgan fingerprint density at radius 3 is 2.14 bits per heavy atom. The monoisotopic (exact) mass is 856 g/mol. The normalized spacial score (nSPS) is 11.9. The van der Waals surface area contributed by atoms with Crippen LogP contribution in [0.2, 0.25) is 15.3 Å². The van der Waals surface area contributed by atoms with Gasteiger partial charge in [0.15, 0.2) is 0 Å². The number of hydrogen-bond donors (Lipinski definition) is 2. The van der Waals surface area contributed by atoms with Crippen LogP contribution < -0.4 is 26.0 Å². The van der Waals surface area contributed by atoms with Gasteiger partial charge in [-0.05, 0) is 90.6 Å². The molecule has 0 spiro atoms. The zero-order valence-electron chi connectivity index (χ0n) is 34.6. The Kier molecular flexibility index (Phi) is 18.9. The first kappa shape index (κ1) is 48.5. The minimum atomic E-state index is -0.607. The number of aromatic nitrogens is 5. The molecule has 2 aromatic carbocycles. The van der Waals surface area contributed by atoms with Crippen molar-refractivity contribution in [3.63, 3.8) is 0 Å². The number of amides is 1. The number of benzene rings is 2. The average Bonchev–Trinajstić information content (AvgIpc) is 3.48. The van der Waals surface area contributed by atoms with E-state index in [4.69, 9.17) is 60.3 Å². The fourth-order valence-corrected chi connectivity index (χ4v) is 5.85. The van der Waals surface area contributed by atoms with Gasteiger partial charge in [0.05, 0.1) is 40.2 Å². The first-order valence-electron chi connectivity index (χ1n) is 18.2. The number of ether oxygens (including phenoxy) is 2. The quantitative estimate of drug-likeness (QED) is 0.131. The van der Waals surface area contributed by atoms with Crippen LogP contribution in [-0.2, 0) is 21.4 Å². The molecule has 0 bridgehead atoms. The molecule has 2 N–H and O–H groups in total. The van der Waals surface area contributed by atoms with E-state index in [0.717, 1.165) is 34.5 Å². The number of halogens is 4. The van der Waals surface area contributed by atoms with Gasteiger partial charge in [-0.15, -0.1) is 16.7 Å². The lowest BCUT2D eigenvalue weighted by atomic mass is 9.97. The Labute approximate surface area is 350 Å². The van der Waals surface area contributed by atoms with E-state index < -0.39 is 5.76 Å². The third kappa shape index (κ3) is 14.7. The van der Waals surface area contributed by atoms with E-state index >= 15 is 0 Å². The van der Waals surface area contributed by atoms with Crippen molar-refractivity contribution in [2.45, 2.75) is 113 Å². The third-order valence-corrected chi connectivity index (χ3v) is 8.38. The highest BCUT2D eigenvalue weighted by Crippen LogP contribution is 2.34. The van der Waals surface area contributed by atoms with Gasteiger partial charge in [-0.3, -0.25) is 4.79 Å². The summed E-state index contributed by atoms with van der Waals surface area (Å²) in [6, 6.07) is 9.15. The van der Waals surface area contributed by atoms with Crippen molar-refractivity contribution < 1.29 is 18.7 Å². The van der Waals surface area contributed by atoms with E-state index in [0.29, 0.717) is 40.9 Å². The zero-order valence-corrected chi connectivity index (χ0v) is 37.6. The first-order chi connectivity index (χ1) is 26.1. The SMILES string of the molecule is CC(C)Oc1cc(-n2nc(C(C)(C)C)oc2=O)c(Cl)cc1Cl.CCNc1nc(Cl)nc(NC(C)(C)C)n1.CCc1cccc(C)c1N(C(=O)CCl)C(C)COC. The Morgan fingerprint density at radius 2 is 1.62 bits per heavy atom. The van der Waals surface area contributed by atoms with Gasteiger partial charge in [0.25, 0.3) is 0 Å². The maximum atomic E-state index is 12.2. The molecule has 0 radical (unpaired) electrons. The number of aryl methyl sites for hydroxylation is 2. The largest absolute Gasteiger partial charge is 0.489 e. The molecule has 1 amide bonds. The van der Waals surface area contributed by atoms with Crippen LogP contribution >= 0.6 is 46.4 Å². The molecule has 1 unspecified atom stereocenters. The molecular weight excluding hydrogens is 802 g/mol. The standard InChI is InChI=1S/C15H18Cl2N2O3.C15H22ClNO2.C9H16ClN5/c1-8(2)21-12-7-11(9(16)6-10(12)17)19-14(20)22-13(18-19)15(3,4)5;1-5-13-8-6-7-11(2)15(13)17(14(18)9-16)12(3)10-19-4;1-5-11-7-12-6(10)13-8(14-7)15-9(2,3)4/h6-8H,1-5H3;6-8,12H,5,9-10H2,1-4H3;5H2,1-4H3,(H2,11,12,13,14,15). The number of nitrogens with zero attached hydrogens (tertiary/aromatic N) is 6. The Balaban J connectivity index is 0.000000296. The fraction of sp³-hybridized carbons (Fsp3) is 0.538. The van der Waals surface area contributed by atoms with Crippen molar-refractivity contribution >= 4 is 69.9 Å². The highest BCUT2D eigenvalue weighted by Gasteiger charge is 2.26. The minimum absolute atomic E-state index is 0.0223. The van der Waals surface area contributed by atoms with Crippen LogP contribution in [0.3, 0.4) is 0 Å². The number of alkyl halides is 1. The van der Waals surface area contributed by atoms with Gasteiger partial charge in [-0.25, -0.2) is 4.79 Å². The summed E-state index contributed by atoms with van der Waals surface area (Å²) in [7, 11) is 1.64. The second-order valence-electron chi connectivity index (χ2n) is 15.0. The van der Waals surface area contributed by atoms with Crippen LogP contribution in [0.1, 0.15) is 93.2 Å². The summed E-state index contributed by atoms with van der Waals surface area (Å²) < 4.78 is 17.1. The molecule has 0 fully saturated rings. The summed E-state index contributed by atoms with van der Waals surface area (Å²) in [6.45, 7) is 24.8. The number of anilines is 3. The van der Waals surface area contributed by atoms with Crippen molar-refractivity contribution in [3.8, 4) is 11.4 Å². The van der Waals surface area contributed by atoms with E-state index in [2.05, 4.69) is 43.7 Å². The topological polar surface area (TPSA) is 150 Å². The zero-order chi connectivity index (χ0) is 42.5. The molecular formula is C39H56Cl4N8O5. The van der Waals surface area contributed by atoms with Crippen molar-refractivity contribution in [2.75, 3.05) is 41.7 Å². The van der Waals surface area contributed by atoms with Crippen molar-refractivity contribution in [2.24, 2.45) is 0 Å². The van der Waals surface area contributed by atoms with E-state index in [1.165, 1.54) is 6.07 Å². The van der Waals surface area contributed by atoms with Gasteiger partial charge in [0.1, 0.15) is 11.6 Å². The summed E-state index contributed by atoms with van der Waals surface area (Å²) in [5.74, 6) is 1.02. The van der Waals surface area contributed by atoms with Crippen molar-refractivity contribution in [1.29, 1.82) is 0 Å². The van der Waals surface area contributed by atoms with Crippen LogP contribution in [0.15, 0.2) is 39.5 Å². The van der Waals surface area contributed by atoms with Crippen LogP contribution in [0.25, 0.3) is 5.69 Å². The Hall–Kier alpha value is -3.62. The minimum Gasteiger partial charge on any atom is -0.489 e. The van der Waals surface area contributed by atoms with Gasteiger partial charge >= 0.3 is 5.76 Å². The van der Waals surface area contributed by atoms with Crippen molar-refractivity contribution in [3.05, 3.63) is 73.2 Å². The molecule has 0 aliphatic carbocycles. The predicted molar refractivity (Wildman–Crippen MR) is 229 cm³/mol. The molecule has 17 heteroatoms. The van der Waals surface area contributed by atoms with Gasteiger partial charge in [-0.2, -0.15) is 19.6 Å². The number of para-hydroxylation sites is 1. The van der Waals surface area contributed by atoms with Crippen LogP contribution in [0.5, 0.6) is 5.75 Å². The molecule has 2 aromatic heterocycles. The lowest BCUT2D eigenvalue weighted by molar-refractivity contribution is -0.116. The number of carbonyl (C=O) groups excluding carboxylic acids is 1. The van der Waals surface area contributed by atoms with E-state index in [9.17, 15) is 9.59 Å². The number of carbonyl (C=O) groups is 1. The predicted octanol–water partition coefficient (Wildman–Crippen LogP) is 9.55. The molecule has 13 nitrogen and oxygen atoms in total. The molecule has 4 rings (SSSR count).